The Balaban J connectivity index is 2.61. The molecule has 0 atom stereocenters. The highest BCUT2D eigenvalue weighted by atomic mass is 15.1. The summed E-state index contributed by atoms with van der Waals surface area (Å²) >= 11 is 0. The smallest absolute Gasteiger partial charge is 0.103 e. The highest BCUT2D eigenvalue weighted by molar-refractivity contribution is 5.75. The van der Waals surface area contributed by atoms with E-state index in [2.05, 4.69) is 18.4 Å². The van der Waals surface area contributed by atoms with Crippen LogP contribution in [0.3, 0.4) is 0 Å². The van der Waals surface area contributed by atoms with Gasteiger partial charge in [-0.1, -0.05) is 18.2 Å². The zero-order valence-corrected chi connectivity index (χ0v) is 9.64. The lowest BCUT2D eigenvalue weighted by atomic mass is 10.1. The monoisotopic (exact) mass is 215 g/mol. The predicted octanol–water partition coefficient (Wildman–Crippen LogP) is 2.90. The highest BCUT2D eigenvalue weighted by Crippen LogP contribution is 2.31. The summed E-state index contributed by atoms with van der Waals surface area (Å²) in [6.45, 7) is 4.22. The normalized spacial score (nSPS) is 10.9. The predicted molar refractivity (Wildman–Crippen MR) is 69.1 cm³/mol. The van der Waals surface area contributed by atoms with E-state index < -0.39 is 0 Å². The molecule has 0 aliphatic carbocycles. The maximum absolute atomic E-state index is 5.98. The molecule has 0 amide bonds. The zero-order chi connectivity index (χ0) is 11.7. The number of anilines is 2. The molecule has 2 aromatic rings. The molecule has 0 saturated heterocycles. The molecule has 1 aromatic carbocycles. The van der Waals surface area contributed by atoms with Gasteiger partial charge in [-0.25, -0.2) is 0 Å². The maximum Gasteiger partial charge on any atom is 0.103 e. The molecule has 0 saturated carbocycles. The van der Waals surface area contributed by atoms with Crippen LogP contribution in [0.1, 0.15) is 19.9 Å². The Labute approximate surface area is 95.7 Å². The summed E-state index contributed by atoms with van der Waals surface area (Å²) in [6, 6.07) is 12.1. The molecular weight excluding hydrogens is 198 g/mol. The lowest BCUT2D eigenvalue weighted by Crippen LogP contribution is -2.07. The molecule has 3 nitrogen and oxygen atoms in total. The standard InChI is InChI=1S/C13H17N3/c1-9(2)16-12(7-8-13(16)15)10-5-3-4-6-11(10)14/h3-9H,14-15H2,1-2H3. The first-order valence-corrected chi connectivity index (χ1v) is 5.43. The molecule has 0 aliphatic heterocycles. The van der Waals surface area contributed by atoms with Gasteiger partial charge in [-0.15, -0.1) is 0 Å². The van der Waals surface area contributed by atoms with Crippen LogP contribution in [0.4, 0.5) is 11.5 Å². The Hall–Kier alpha value is -1.90. The number of nitrogens with two attached hydrogens (primary N) is 2. The van der Waals surface area contributed by atoms with E-state index in [1.807, 2.05) is 36.4 Å². The molecule has 1 aromatic heterocycles. The summed E-state index contributed by atoms with van der Waals surface area (Å²) in [5.74, 6) is 0.772. The minimum atomic E-state index is 0.324. The molecule has 4 N–H and O–H groups in total. The summed E-state index contributed by atoms with van der Waals surface area (Å²) in [7, 11) is 0. The number of benzene rings is 1. The first kappa shape index (κ1) is 10.6. The van der Waals surface area contributed by atoms with Gasteiger partial charge in [-0.05, 0) is 32.0 Å². The molecule has 16 heavy (non-hydrogen) atoms. The van der Waals surface area contributed by atoms with Crippen molar-refractivity contribution >= 4 is 11.5 Å². The number of nitrogens with zero attached hydrogens (tertiary/aromatic N) is 1. The van der Waals surface area contributed by atoms with Crippen molar-refractivity contribution in [2.75, 3.05) is 11.5 Å². The second-order valence-electron chi connectivity index (χ2n) is 4.19. The topological polar surface area (TPSA) is 57.0 Å². The van der Waals surface area contributed by atoms with E-state index in [0.717, 1.165) is 22.8 Å². The van der Waals surface area contributed by atoms with Crippen LogP contribution < -0.4 is 11.5 Å². The zero-order valence-electron chi connectivity index (χ0n) is 9.64. The van der Waals surface area contributed by atoms with Gasteiger partial charge in [-0.2, -0.15) is 0 Å². The molecular formula is C13H17N3. The summed E-state index contributed by atoms with van der Waals surface area (Å²) in [6.07, 6.45) is 0. The van der Waals surface area contributed by atoms with Gasteiger partial charge in [-0.3, -0.25) is 0 Å². The minimum Gasteiger partial charge on any atom is -0.398 e. The van der Waals surface area contributed by atoms with Crippen molar-refractivity contribution in [3.8, 4) is 11.3 Å². The second-order valence-corrected chi connectivity index (χ2v) is 4.19. The van der Waals surface area contributed by atoms with Gasteiger partial charge in [0, 0.05) is 17.3 Å². The van der Waals surface area contributed by atoms with Crippen LogP contribution in [-0.2, 0) is 0 Å². The Morgan fingerprint density at radius 1 is 1.00 bits per heavy atom. The van der Waals surface area contributed by atoms with Gasteiger partial charge >= 0.3 is 0 Å². The number of rotatable bonds is 2. The average molecular weight is 215 g/mol. The number of nitrogen functional groups attached to an aromatic ring is 2. The Morgan fingerprint density at radius 3 is 2.31 bits per heavy atom. The number of hydrogen-bond donors (Lipinski definition) is 2. The lowest BCUT2D eigenvalue weighted by Gasteiger charge is -2.16. The van der Waals surface area contributed by atoms with Gasteiger partial charge in [0.15, 0.2) is 0 Å². The first-order valence-electron chi connectivity index (χ1n) is 5.43. The largest absolute Gasteiger partial charge is 0.398 e. The van der Waals surface area contributed by atoms with Crippen LogP contribution in [0.15, 0.2) is 36.4 Å². The Kier molecular flexibility index (Phi) is 2.60. The van der Waals surface area contributed by atoms with Crippen molar-refractivity contribution < 1.29 is 0 Å². The van der Waals surface area contributed by atoms with E-state index in [1.165, 1.54) is 0 Å². The molecule has 0 fully saturated rings. The molecule has 1 heterocycles. The second kappa shape index (κ2) is 3.93. The van der Waals surface area contributed by atoms with E-state index in [9.17, 15) is 0 Å². The third-order valence-corrected chi connectivity index (χ3v) is 2.70. The summed E-state index contributed by atoms with van der Waals surface area (Å²) < 4.78 is 2.09. The van der Waals surface area contributed by atoms with E-state index in [-0.39, 0.29) is 0 Å². The maximum atomic E-state index is 5.98. The van der Waals surface area contributed by atoms with E-state index in [1.54, 1.807) is 0 Å². The third kappa shape index (κ3) is 1.65. The van der Waals surface area contributed by atoms with Crippen molar-refractivity contribution in [1.82, 2.24) is 4.57 Å². The van der Waals surface area contributed by atoms with Gasteiger partial charge in [0.2, 0.25) is 0 Å². The fourth-order valence-electron chi connectivity index (χ4n) is 1.99. The van der Waals surface area contributed by atoms with Crippen molar-refractivity contribution in [3.63, 3.8) is 0 Å². The highest BCUT2D eigenvalue weighted by Gasteiger charge is 2.12. The summed E-state index contributed by atoms with van der Waals surface area (Å²) in [5.41, 5.74) is 14.8. The van der Waals surface area contributed by atoms with Gasteiger partial charge in [0.05, 0.1) is 5.69 Å². The number of aromatic nitrogens is 1. The molecule has 2 rings (SSSR count). The molecule has 0 unspecified atom stereocenters. The van der Waals surface area contributed by atoms with Crippen LogP contribution in [0, 0.1) is 0 Å². The molecule has 0 radical (unpaired) electrons. The minimum absolute atomic E-state index is 0.324. The molecule has 0 spiro atoms. The summed E-state index contributed by atoms with van der Waals surface area (Å²) in [4.78, 5) is 0. The van der Waals surface area contributed by atoms with Crippen LogP contribution in [0.2, 0.25) is 0 Å². The first-order chi connectivity index (χ1) is 7.61. The van der Waals surface area contributed by atoms with E-state index in [0.29, 0.717) is 6.04 Å². The van der Waals surface area contributed by atoms with Crippen molar-refractivity contribution in [2.45, 2.75) is 19.9 Å². The quantitative estimate of drug-likeness (QED) is 0.757. The van der Waals surface area contributed by atoms with Crippen LogP contribution in [0.25, 0.3) is 11.3 Å². The Morgan fingerprint density at radius 2 is 1.69 bits per heavy atom. The SMILES string of the molecule is CC(C)n1c(N)ccc1-c1ccccc1N. The van der Waals surface area contributed by atoms with Crippen molar-refractivity contribution in [1.29, 1.82) is 0 Å². The van der Waals surface area contributed by atoms with Crippen LogP contribution >= 0.6 is 0 Å². The lowest BCUT2D eigenvalue weighted by molar-refractivity contribution is 0.618. The fraction of sp³-hybridized carbons (Fsp3) is 0.231. The summed E-state index contributed by atoms with van der Waals surface area (Å²) in [5, 5.41) is 0. The van der Waals surface area contributed by atoms with Gasteiger partial charge in [0.1, 0.15) is 5.82 Å². The van der Waals surface area contributed by atoms with E-state index in [4.69, 9.17) is 11.5 Å². The number of hydrogen-bond acceptors (Lipinski definition) is 2. The average Bonchev–Trinajstić information content (AvgIpc) is 2.61. The van der Waals surface area contributed by atoms with Crippen molar-refractivity contribution in [3.05, 3.63) is 36.4 Å². The molecule has 84 valence electrons. The molecule has 0 aliphatic rings. The molecule has 0 bridgehead atoms. The Bertz CT molecular complexity index is 498. The van der Waals surface area contributed by atoms with Gasteiger partial charge in [0.25, 0.3) is 0 Å². The fourth-order valence-corrected chi connectivity index (χ4v) is 1.99. The van der Waals surface area contributed by atoms with Crippen LogP contribution in [0.5, 0.6) is 0 Å². The molecule has 3 heteroatoms. The third-order valence-electron chi connectivity index (χ3n) is 2.70. The number of para-hydroxylation sites is 1. The van der Waals surface area contributed by atoms with E-state index >= 15 is 0 Å². The van der Waals surface area contributed by atoms with Crippen molar-refractivity contribution in [2.24, 2.45) is 0 Å². The van der Waals surface area contributed by atoms with Crippen LogP contribution in [-0.4, -0.2) is 4.57 Å². The van der Waals surface area contributed by atoms with Gasteiger partial charge < -0.3 is 16.0 Å².